The number of carbonyl (C=O) groups excluding carboxylic acids is 2. The van der Waals surface area contributed by atoms with Crippen LogP contribution in [-0.4, -0.2) is 51.3 Å². The van der Waals surface area contributed by atoms with Crippen LogP contribution in [-0.2, 0) is 4.79 Å². The van der Waals surface area contributed by atoms with Crippen molar-refractivity contribution in [3.05, 3.63) is 90.9 Å². The molecule has 0 saturated carbocycles. The van der Waals surface area contributed by atoms with Crippen molar-refractivity contribution in [2.75, 3.05) is 25.5 Å². The average Bonchev–Trinajstić information content (AvgIpc) is 3.59. The summed E-state index contributed by atoms with van der Waals surface area (Å²) in [7, 11) is 1.58. The average molecular weight is 470 g/mol. The number of methoxy groups -OCH3 is 1. The van der Waals surface area contributed by atoms with Crippen molar-refractivity contribution in [2.45, 2.75) is 12.8 Å². The predicted octanol–water partition coefficient (Wildman–Crippen LogP) is 4.16. The standard InChI is InChI=1S/C27H27N5O3/c1-35-24-12-6-5-11-23(24)29-25(33)20-13-17-31(18-14-20)27(34)22-19-28-32(21-9-3-2-4-10-21)26(22)30-15-7-8-16-30/h2-12,15-16,19-20H,13-14,17-18H2,1H3,(H,29,33). The number of amides is 2. The van der Waals surface area contributed by atoms with Crippen LogP contribution in [0.4, 0.5) is 5.69 Å². The molecule has 4 aromatic rings. The van der Waals surface area contributed by atoms with Crippen LogP contribution < -0.4 is 10.1 Å². The molecule has 1 saturated heterocycles. The normalized spacial score (nSPS) is 14.0. The third-order valence-electron chi connectivity index (χ3n) is 6.34. The van der Waals surface area contributed by atoms with Crippen LogP contribution in [0.1, 0.15) is 23.2 Å². The Morgan fingerprint density at radius 2 is 1.63 bits per heavy atom. The minimum Gasteiger partial charge on any atom is -0.495 e. The number of ether oxygens (including phenoxy) is 1. The molecule has 0 unspecified atom stereocenters. The summed E-state index contributed by atoms with van der Waals surface area (Å²) in [6.07, 6.45) is 6.63. The second kappa shape index (κ2) is 9.89. The Hall–Kier alpha value is -4.33. The van der Waals surface area contributed by atoms with Gasteiger partial charge in [0.25, 0.3) is 5.91 Å². The molecule has 8 heteroatoms. The van der Waals surface area contributed by atoms with Gasteiger partial charge in [0.05, 0.1) is 24.7 Å². The first-order chi connectivity index (χ1) is 17.2. The van der Waals surface area contributed by atoms with Crippen LogP contribution in [0.2, 0.25) is 0 Å². The van der Waals surface area contributed by atoms with Gasteiger partial charge in [0.15, 0.2) is 5.82 Å². The number of likely N-dealkylation sites (tertiary alicyclic amines) is 1. The number of nitrogens with one attached hydrogen (secondary N) is 1. The lowest BCUT2D eigenvalue weighted by Gasteiger charge is -2.31. The van der Waals surface area contributed by atoms with Crippen molar-refractivity contribution in [3.63, 3.8) is 0 Å². The molecule has 1 aliphatic rings. The van der Waals surface area contributed by atoms with Gasteiger partial charge < -0.3 is 19.5 Å². The Balaban J connectivity index is 1.31. The van der Waals surface area contributed by atoms with Crippen LogP contribution in [0.3, 0.4) is 0 Å². The Bertz CT molecular complexity index is 1310. The molecule has 3 heterocycles. The molecule has 0 aliphatic carbocycles. The van der Waals surface area contributed by atoms with Gasteiger partial charge in [-0.3, -0.25) is 9.59 Å². The monoisotopic (exact) mass is 469 g/mol. The second-order valence-corrected chi connectivity index (χ2v) is 8.48. The fourth-order valence-corrected chi connectivity index (χ4v) is 4.47. The van der Waals surface area contributed by atoms with Crippen LogP contribution in [0.15, 0.2) is 85.3 Å². The van der Waals surface area contributed by atoms with Gasteiger partial charge in [0.2, 0.25) is 5.91 Å². The maximum Gasteiger partial charge on any atom is 0.259 e. The first-order valence-corrected chi connectivity index (χ1v) is 11.7. The molecule has 35 heavy (non-hydrogen) atoms. The largest absolute Gasteiger partial charge is 0.495 e. The van der Waals surface area contributed by atoms with Gasteiger partial charge in [-0.15, -0.1) is 0 Å². The highest BCUT2D eigenvalue weighted by Gasteiger charge is 2.30. The minimum atomic E-state index is -0.167. The number of nitrogens with zero attached hydrogens (tertiary/aromatic N) is 4. The molecular weight excluding hydrogens is 442 g/mol. The number of hydrogen-bond donors (Lipinski definition) is 1. The first kappa shape index (κ1) is 22.5. The molecule has 0 radical (unpaired) electrons. The zero-order valence-electron chi connectivity index (χ0n) is 19.5. The van der Waals surface area contributed by atoms with Crippen molar-refractivity contribution in [1.82, 2.24) is 19.2 Å². The number of hydrogen-bond acceptors (Lipinski definition) is 4. The van der Waals surface area contributed by atoms with Gasteiger partial charge in [-0.25, -0.2) is 4.68 Å². The van der Waals surface area contributed by atoms with E-state index < -0.39 is 0 Å². The third-order valence-corrected chi connectivity index (χ3v) is 6.34. The van der Waals surface area contributed by atoms with Crippen LogP contribution >= 0.6 is 0 Å². The fraction of sp³-hybridized carbons (Fsp3) is 0.222. The lowest BCUT2D eigenvalue weighted by molar-refractivity contribution is -0.121. The van der Waals surface area contributed by atoms with Crippen molar-refractivity contribution in [3.8, 4) is 17.3 Å². The second-order valence-electron chi connectivity index (χ2n) is 8.48. The lowest BCUT2D eigenvalue weighted by Crippen LogP contribution is -2.41. The van der Waals surface area contributed by atoms with Crippen LogP contribution in [0, 0.1) is 5.92 Å². The molecule has 8 nitrogen and oxygen atoms in total. The zero-order valence-corrected chi connectivity index (χ0v) is 19.5. The molecule has 0 bridgehead atoms. The molecule has 5 rings (SSSR count). The van der Waals surface area contributed by atoms with Crippen LogP contribution in [0.5, 0.6) is 5.75 Å². The van der Waals surface area contributed by atoms with E-state index in [-0.39, 0.29) is 17.7 Å². The molecule has 1 aliphatic heterocycles. The Morgan fingerprint density at radius 3 is 2.34 bits per heavy atom. The van der Waals surface area contributed by atoms with E-state index in [1.54, 1.807) is 18.0 Å². The summed E-state index contributed by atoms with van der Waals surface area (Å²) in [5.74, 6) is 1.02. The highest BCUT2D eigenvalue weighted by molar-refractivity contribution is 5.98. The van der Waals surface area contributed by atoms with Crippen molar-refractivity contribution >= 4 is 17.5 Å². The summed E-state index contributed by atoms with van der Waals surface area (Å²) in [4.78, 5) is 28.2. The molecule has 2 aromatic carbocycles. The topological polar surface area (TPSA) is 81.4 Å². The van der Waals surface area contributed by atoms with Gasteiger partial charge >= 0.3 is 0 Å². The molecule has 1 N–H and O–H groups in total. The maximum absolute atomic E-state index is 13.6. The minimum absolute atomic E-state index is 0.0495. The van der Waals surface area contributed by atoms with E-state index in [1.165, 1.54) is 0 Å². The van der Waals surface area contributed by atoms with Crippen molar-refractivity contribution < 1.29 is 14.3 Å². The van der Waals surface area contributed by atoms with E-state index in [9.17, 15) is 9.59 Å². The Kier molecular flexibility index (Phi) is 6.34. The maximum atomic E-state index is 13.6. The molecule has 178 valence electrons. The number of aromatic nitrogens is 3. The van der Waals surface area contributed by atoms with Gasteiger partial charge in [0, 0.05) is 31.4 Å². The molecular formula is C27H27N5O3. The number of piperidine rings is 1. The van der Waals surface area contributed by atoms with Gasteiger partial charge in [-0.2, -0.15) is 5.10 Å². The Labute approximate surface area is 203 Å². The van der Waals surface area contributed by atoms with E-state index in [2.05, 4.69) is 10.4 Å². The number of rotatable bonds is 6. The SMILES string of the molecule is COc1ccccc1NC(=O)C1CCN(C(=O)c2cnn(-c3ccccc3)c2-n2cccc2)CC1. The summed E-state index contributed by atoms with van der Waals surface area (Å²) in [6.45, 7) is 1.01. The summed E-state index contributed by atoms with van der Waals surface area (Å²) in [5, 5.41) is 7.51. The smallest absolute Gasteiger partial charge is 0.259 e. The quantitative estimate of drug-likeness (QED) is 0.460. The van der Waals surface area contributed by atoms with E-state index in [4.69, 9.17) is 4.74 Å². The molecule has 0 spiro atoms. The summed E-state index contributed by atoms with van der Waals surface area (Å²) in [5.41, 5.74) is 2.06. The van der Waals surface area contributed by atoms with E-state index >= 15 is 0 Å². The van der Waals surface area contributed by atoms with Gasteiger partial charge in [-0.1, -0.05) is 30.3 Å². The Morgan fingerprint density at radius 1 is 0.943 bits per heavy atom. The third kappa shape index (κ3) is 4.55. The van der Waals surface area contributed by atoms with E-state index in [0.717, 1.165) is 5.69 Å². The van der Waals surface area contributed by atoms with Crippen molar-refractivity contribution in [2.24, 2.45) is 5.92 Å². The number of carbonyl (C=O) groups is 2. The molecule has 0 atom stereocenters. The lowest BCUT2D eigenvalue weighted by atomic mass is 9.95. The summed E-state index contributed by atoms with van der Waals surface area (Å²) in [6, 6.07) is 20.9. The first-order valence-electron chi connectivity index (χ1n) is 11.7. The number of benzene rings is 2. The molecule has 2 aromatic heterocycles. The highest BCUT2D eigenvalue weighted by atomic mass is 16.5. The predicted molar refractivity (Wildman–Crippen MR) is 133 cm³/mol. The van der Waals surface area contributed by atoms with Crippen molar-refractivity contribution in [1.29, 1.82) is 0 Å². The van der Waals surface area contributed by atoms with Gasteiger partial charge in [-0.05, 0) is 49.2 Å². The van der Waals surface area contributed by atoms with Gasteiger partial charge in [0.1, 0.15) is 11.3 Å². The van der Waals surface area contributed by atoms with E-state index in [0.29, 0.717) is 48.7 Å². The zero-order chi connectivity index (χ0) is 24.2. The molecule has 1 fully saturated rings. The highest BCUT2D eigenvalue weighted by Crippen LogP contribution is 2.27. The number of anilines is 1. The van der Waals surface area contributed by atoms with E-state index in [1.807, 2.05) is 88.6 Å². The molecule has 2 amide bonds. The number of para-hydroxylation sites is 3. The van der Waals surface area contributed by atoms with Crippen LogP contribution in [0.25, 0.3) is 11.5 Å². The fourth-order valence-electron chi connectivity index (χ4n) is 4.47. The summed E-state index contributed by atoms with van der Waals surface area (Å²) < 4.78 is 9.01. The summed E-state index contributed by atoms with van der Waals surface area (Å²) >= 11 is 0.